The molecule has 5 heteroatoms. The molecule has 3 rings (SSSR count). The number of fused-ring (bicyclic) bond motifs is 1. The first-order valence-corrected chi connectivity index (χ1v) is 7.80. The Morgan fingerprint density at radius 3 is 2.74 bits per heavy atom. The molecule has 0 fully saturated rings. The van der Waals surface area contributed by atoms with Gasteiger partial charge < -0.3 is 4.74 Å². The van der Waals surface area contributed by atoms with Crippen LogP contribution in [0.3, 0.4) is 0 Å². The Hall–Kier alpha value is -2.33. The van der Waals surface area contributed by atoms with Crippen molar-refractivity contribution < 1.29 is 9.53 Å². The van der Waals surface area contributed by atoms with Crippen LogP contribution in [0.15, 0.2) is 59.6 Å². The van der Waals surface area contributed by atoms with Gasteiger partial charge in [-0.15, -0.1) is 0 Å². The van der Waals surface area contributed by atoms with Crippen molar-refractivity contribution in [1.82, 2.24) is 5.32 Å². The van der Waals surface area contributed by atoms with Crippen molar-refractivity contribution >= 4 is 23.3 Å². The van der Waals surface area contributed by atoms with Gasteiger partial charge in [0.15, 0.2) is 0 Å². The molecule has 2 atom stereocenters. The van der Waals surface area contributed by atoms with Crippen LogP contribution in [0.5, 0.6) is 0 Å². The number of benzene rings is 2. The Kier molecular flexibility index (Phi) is 4.93. The third-order valence-corrected chi connectivity index (χ3v) is 3.91. The molecule has 116 valence electrons. The van der Waals surface area contributed by atoms with Crippen molar-refractivity contribution in [3.8, 4) is 0 Å². The Labute approximate surface area is 140 Å². The molecular formula is C18H16N2O2S. The quantitative estimate of drug-likeness (QED) is 0.533. The smallest absolute Gasteiger partial charge is 0.328 e. The van der Waals surface area contributed by atoms with E-state index in [1.807, 2.05) is 54.6 Å². The maximum Gasteiger partial charge on any atom is 0.328 e. The number of isothiocyanates is 1. The second-order valence-electron chi connectivity index (χ2n) is 5.33. The number of rotatable bonds is 4. The zero-order valence-corrected chi connectivity index (χ0v) is 13.3. The molecule has 1 heterocycles. The number of carbonyl (C=O) groups is 1. The van der Waals surface area contributed by atoms with Crippen LogP contribution < -0.4 is 5.32 Å². The molecule has 23 heavy (non-hydrogen) atoms. The van der Waals surface area contributed by atoms with Crippen molar-refractivity contribution in [1.29, 1.82) is 0 Å². The van der Waals surface area contributed by atoms with Crippen LogP contribution in [-0.2, 0) is 22.6 Å². The zero-order chi connectivity index (χ0) is 16.1. The molecular weight excluding hydrogens is 308 g/mol. The normalized spacial score (nSPS) is 19.3. The molecule has 1 aliphatic heterocycles. The SMILES string of the molecule is O=C(OCc1ccccc1)[C@H]1N[C@@H](N=C=S)Cc2ccccc21. The van der Waals surface area contributed by atoms with Crippen LogP contribution >= 0.6 is 12.2 Å². The second kappa shape index (κ2) is 7.29. The summed E-state index contributed by atoms with van der Waals surface area (Å²) in [6.07, 6.45) is 0.430. The summed E-state index contributed by atoms with van der Waals surface area (Å²) in [5.74, 6) is -0.314. The zero-order valence-electron chi connectivity index (χ0n) is 12.4. The highest BCUT2D eigenvalue weighted by Gasteiger charge is 2.31. The maximum atomic E-state index is 12.5. The van der Waals surface area contributed by atoms with E-state index in [9.17, 15) is 4.79 Å². The summed E-state index contributed by atoms with van der Waals surface area (Å²) in [6, 6.07) is 16.9. The third kappa shape index (κ3) is 3.71. The molecule has 0 radical (unpaired) electrons. The molecule has 2 aromatic carbocycles. The number of hydrogen-bond donors (Lipinski definition) is 1. The number of hydrogen-bond acceptors (Lipinski definition) is 5. The average molecular weight is 324 g/mol. The molecule has 1 aliphatic rings. The van der Waals surface area contributed by atoms with Crippen molar-refractivity contribution in [3.05, 3.63) is 71.3 Å². The monoisotopic (exact) mass is 324 g/mol. The summed E-state index contributed by atoms with van der Waals surface area (Å²) >= 11 is 4.68. The lowest BCUT2D eigenvalue weighted by molar-refractivity contribution is -0.148. The van der Waals surface area contributed by atoms with Crippen LogP contribution in [0.1, 0.15) is 22.7 Å². The first-order chi connectivity index (χ1) is 11.3. The van der Waals surface area contributed by atoms with Gasteiger partial charge in [-0.2, -0.15) is 0 Å². The molecule has 0 aliphatic carbocycles. The average Bonchev–Trinajstić information content (AvgIpc) is 2.60. The van der Waals surface area contributed by atoms with Crippen LogP contribution in [0, 0.1) is 0 Å². The Balaban J connectivity index is 1.77. The second-order valence-corrected chi connectivity index (χ2v) is 5.51. The lowest BCUT2D eigenvalue weighted by atomic mass is 9.93. The first kappa shape index (κ1) is 15.6. The predicted octanol–water partition coefficient (Wildman–Crippen LogP) is 3.05. The van der Waals surface area contributed by atoms with E-state index in [1.54, 1.807) is 0 Å². The van der Waals surface area contributed by atoms with E-state index < -0.39 is 6.04 Å². The van der Waals surface area contributed by atoms with Crippen LogP contribution in [0.4, 0.5) is 0 Å². The van der Waals surface area contributed by atoms with Crippen molar-refractivity contribution in [2.75, 3.05) is 0 Å². The maximum absolute atomic E-state index is 12.5. The summed E-state index contributed by atoms with van der Waals surface area (Å²) < 4.78 is 5.46. The number of ether oxygens (including phenoxy) is 1. The lowest BCUT2D eigenvalue weighted by Crippen LogP contribution is -2.42. The van der Waals surface area contributed by atoms with Gasteiger partial charge in [0.05, 0.1) is 5.16 Å². The van der Waals surface area contributed by atoms with Gasteiger partial charge in [0.25, 0.3) is 0 Å². The van der Waals surface area contributed by atoms with Crippen LogP contribution in [0.2, 0.25) is 0 Å². The van der Waals surface area contributed by atoms with Gasteiger partial charge in [0.1, 0.15) is 18.8 Å². The molecule has 4 nitrogen and oxygen atoms in total. The molecule has 0 saturated carbocycles. The predicted molar refractivity (Wildman–Crippen MR) is 91.1 cm³/mol. The molecule has 0 amide bonds. The topological polar surface area (TPSA) is 50.7 Å². The van der Waals surface area contributed by atoms with Crippen molar-refractivity contribution in [2.24, 2.45) is 4.99 Å². The van der Waals surface area contributed by atoms with E-state index in [4.69, 9.17) is 4.74 Å². The number of nitrogens with one attached hydrogen (secondary N) is 1. The first-order valence-electron chi connectivity index (χ1n) is 7.39. The number of carbonyl (C=O) groups excluding carboxylic acids is 1. The molecule has 0 bridgehead atoms. The number of thiocarbonyl (C=S) groups is 1. The summed E-state index contributed by atoms with van der Waals surface area (Å²) in [6.45, 7) is 0.251. The molecule has 0 unspecified atom stereocenters. The highest BCUT2D eigenvalue weighted by Crippen LogP contribution is 2.26. The van der Waals surface area contributed by atoms with E-state index in [-0.39, 0.29) is 18.7 Å². The van der Waals surface area contributed by atoms with E-state index in [1.165, 1.54) is 0 Å². The van der Waals surface area contributed by atoms with Crippen molar-refractivity contribution in [3.63, 3.8) is 0 Å². The van der Waals surface area contributed by atoms with Gasteiger partial charge in [0, 0.05) is 6.42 Å². The van der Waals surface area contributed by atoms with Gasteiger partial charge in [-0.05, 0) is 28.9 Å². The third-order valence-electron chi connectivity index (χ3n) is 3.81. The lowest BCUT2D eigenvalue weighted by Gasteiger charge is -2.29. The standard InChI is InChI=1S/C18H16N2O2S/c21-18(22-11-13-6-2-1-3-7-13)17-15-9-5-4-8-14(15)10-16(20-17)19-12-23/h1-9,16-17,20H,10-11H2/t16-,17+/m1/s1. The number of esters is 1. The fourth-order valence-electron chi connectivity index (χ4n) is 2.70. The van der Waals surface area contributed by atoms with Crippen LogP contribution in [0.25, 0.3) is 0 Å². The summed E-state index contributed by atoms with van der Waals surface area (Å²) in [4.78, 5) is 16.6. The number of nitrogens with zero attached hydrogens (tertiary/aromatic N) is 1. The minimum absolute atomic E-state index is 0.251. The van der Waals surface area contributed by atoms with Gasteiger partial charge in [-0.1, -0.05) is 54.6 Å². The molecule has 0 aromatic heterocycles. The summed E-state index contributed by atoms with van der Waals surface area (Å²) in [5, 5.41) is 5.56. The van der Waals surface area contributed by atoms with Crippen LogP contribution in [-0.4, -0.2) is 17.3 Å². The molecule has 2 aromatic rings. The van der Waals surface area contributed by atoms with Gasteiger partial charge in [0.2, 0.25) is 0 Å². The van der Waals surface area contributed by atoms with Gasteiger partial charge in [-0.25, -0.2) is 9.79 Å². The fraction of sp³-hybridized carbons (Fsp3) is 0.222. The summed E-state index contributed by atoms with van der Waals surface area (Å²) in [5.41, 5.74) is 2.96. The minimum atomic E-state index is -0.541. The highest BCUT2D eigenvalue weighted by atomic mass is 32.1. The fourth-order valence-corrected chi connectivity index (χ4v) is 2.83. The van der Waals surface area contributed by atoms with E-state index in [0.717, 1.165) is 16.7 Å². The molecule has 0 saturated heterocycles. The highest BCUT2D eigenvalue weighted by molar-refractivity contribution is 7.78. The Bertz CT molecular complexity index is 742. The Morgan fingerprint density at radius 2 is 1.96 bits per heavy atom. The molecule has 1 N–H and O–H groups in total. The van der Waals surface area contributed by atoms with Crippen molar-refractivity contribution in [2.45, 2.75) is 25.2 Å². The van der Waals surface area contributed by atoms with E-state index >= 15 is 0 Å². The Morgan fingerprint density at radius 1 is 1.22 bits per heavy atom. The summed E-state index contributed by atoms with van der Waals surface area (Å²) in [7, 11) is 0. The molecule has 0 spiro atoms. The number of aliphatic imine (C=N–C) groups is 1. The van der Waals surface area contributed by atoms with E-state index in [2.05, 4.69) is 27.7 Å². The largest absolute Gasteiger partial charge is 0.459 e. The van der Waals surface area contributed by atoms with Gasteiger partial charge >= 0.3 is 5.97 Å². The van der Waals surface area contributed by atoms with E-state index in [0.29, 0.717) is 6.42 Å². The van der Waals surface area contributed by atoms with Gasteiger partial charge in [-0.3, -0.25) is 5.32 Å². The minimum Gasteiger partial charge on any atom is -0.459 e.